The Morgan fingerprint density at radius 2 is 1.75 bits per heavy atom. The summed E-state index contributed by atoms with van der Waals surface area (Å²) in [5, 5.41) is 0. The second kappa shape index (κ2) is 5.41. The molecule has 0 N–H and O–H groups in total. The zero-order valence-electron chi connectivity index (χ0n) is 12.0. The summed E-state index contributed by atoms with van der Waals surface area (Å²) in [6.07, 6.45) is 3.79. The average molecular weight is 265 g/mol. The Morgan fingerprint density at radius 3 is 2.55 bits per heavy atom. The summed E-state index contributed by atoms with van der Waals surface area (Å²) in [7, 11) is 0. The largest absolute Gasteiger partial charge is 0.464 e. The van der Waals surface area contributed by atoms with Gasteiger partial charge in [0.05, 0.1) is 6.26 Å². The standard InChI is InChI=1S/C18H19NO/c1-3-19(4-2)15-9-10-17-16-8-6-5-7-14(16)11-12-20-18(17)13-15/h5-13H,3-4H2,1-2H3. The molecule has 0 amide bonds. The van der Waals surface area contributed by atoms with E-state index in [0.717, 1.165) is 24.4 Å². The van der Waals surface area contributed by atoms with E-state index in [-0.39, 0.29) is 0 Å². The average Bonchev–Trinajstić information content (AvgIpc) is 2.67. The van der Waals surface area contributed by atoms with Crippen LogP contribution in [0.1, 0.15) is 19.4 Å². The summed E-state index contributed by atoms with van der Waals surface area (Å²) in [6, 6.07) is 14.9. The highest BCUT2D eigenvalue weighted by Crippen LogP contribution is 2.37. The highest BCUT2D eigenvalue weighted by molar-refractivity contribution is 5.82. The first-order valence-electron chi connectivity index (χ1n) is 7.15. The van der Waals surface area contributed by atoms with Gasteiger partial charge in [0.15, 0.2) is 0 Å². The molecule has 1 heterocycles. The molecule has 102 valence electrons. The quantitative estimate of drug-likeness (QED) is 0.806. The molecule has 0 bridgehead atoms. The van der Waals surface area contributed by atoms with E-state index in [4.69, 9.17) is 4.74 Å². The van der Waals surface area contributed by atoms with E-state index in [0.29, 0.717) is 0 Å². The normalized spacial score (nSPS) is 12.1. The van der Waals surface area contributed by atoms with Crippen LogP contribution in [-0.4, -0.2) is 13.1 Å². The molecule has 1 aliphatic rings. The van der Waals surface area contributed by atoms with Crippen molar-refractivity contribution in [1.82, 2.24) is 0 Å². The van der Waals surface area contributed by atoms with E-state index in [9.17, 15) is 0 Å². The molecular weight excluding hydrogens is 246 g/mol. The molecule has 0 unspecified atom stereocenters. The highest BCUT2D eigenvalue weighted by Gasteiger charge is 2.14. The van der Waals surface area contributed by atoms with Crippen LogP contribution in [0.15, 0.2) is 48.7 Å². The number of hydrogen-bond acceptors (Lipinski definition) is 2. The van der Waals surface area contributed by atoms with Crippen molar-refractivity contribution in [2.75, 3.05) is 18.0 Å². The van der Waals surface area contributed by atoms with Crippen molar-refractivity contribution in [1.29, 1.82) is 0 Å². The van der Waals surface area contributed by atoms with Gasteiger partial charge in [-0.15, -0.1) is 0 Å². The Kier molecular flexibility index (Phi) is 3.46. The van der Waals surface area contributed by atoms with Gasteiger partial charge in [0.2, 0.25) is 0 Å². The zero-order valence-corrected chi connectivity index (χ0v) is 12.0. The molecule has 2 aromatic carbocycles. The van der Waals surface area contributed by atoms with Crippen molar-refractivity contribution < 1.29 is 4.74 Å². The molecule has 0 radical (unpaired) electrons. The summed E-state index contributed by atoms with van der Waals surface area (Å²) < 4.78 is 5.80. The van der Waals surface area contributed by atoms with E-state index in [1.165, 1.54) is 16.8 Å². The number of ether oxygens (including phenoxy) is 1. The zero-order chi connectivity index (χ0) is 13.9. The third-order valence-corrected chi connectivity index (χ3v) is 3.79. The van der Waals surface area contributed by atoms with E-state index >= 15 is 0 Å². The summed E-state index contributed by atoms with van der Waals surface area (Å²) >= 11 is 0. The molecule has 20 heavy (non-hydrogen) atoms. The fraction of sp³-hybridized carbons (Fsp3) is 0.222. The number of benzene rings is 2. The lowest BCUT2D eigenvalue weighted by atomic mass is 9.99. The maximum Gasteiger partial charge on any atom is 0.136 e. The lowest BCUT2D eigenvalue weighted by Gasteiger charge is -2.22. The molecule has 0 spiro atoms. The Balaban J connectivity index is 2.10. The Bertz CT molecular complexity index is 642. The Labute approximate surface area is 120 Å². The smallest absolute Gasteiger partial charge is 0.136 e. The van der Waals surface area contributed by atoms with Crippen LogP contribution >= 0.6 is 0 Å². The number of hydrogen-bond donors (Lipinski definition) is 0. The molecule has 0 saturated heterocycles. The molecule has 2 aromatic rings. The van der Waals surface area contributed by atoms with Gasteiger partial charge in [-0.05, 0) is 43.2 Å². The lowest BCUT2D eigenvalue weighted by Crippen LogP contribution is -2.21. The monoisotopic (exact) mass is 265 g/mol. The van der Waals surface area contributed by atoms with Crippen molar-refractivity contribution in [3.05, 3.63) is 54.3 Å². The van der Waals surface area contributed by atoms with Gasteiger partial charge in [-0.25, -0.2) is 0 Å². The van der Waals surface area contributed by atoms with Crippen LogP contribution in [0.5, 0.6) is 5.75 Å². The molecule has 0 aliphatic carbocycles. The fourth-order valence-electron chi connectivity index (χ4n) is 2.68. The van der Waals surface area contributed by atoms with Crippen molar-refractivity contribution in [3.63, 3.8) is 0 Å². The third kappa shape index (κ3) is 2.18. The second-order valence-electron chi connectivity index (χ2n) is 4.86. The minimum atomic E-state index is 0.926. The van der Waals surface area contributed by atoms with Crippen LogP contribution in [0.25, 0.3) is 17.2 Å². The minimum Gasteiger partial charge on any atom is -0.464 e. The van der Waals surface area contributed by atoms with Gasteiger partial charge in [-0.2, -0.15) is 0 Å². The van der Waals surface area contributed by atoms with Crippen LogP contribution in [0.3, 0.4) is 0 Å². The van der Waals surface area contributed by atoms with Gasteiger partial charge in [0.25, 0.3) is 0 Å². The minimum absolute atomic E-state index is 0.926. The fourth-order valence-corrected chi connectivity index (χ4v) is 2.68. The van der Waals surface area contributed by atoms with Crippen LogP contribution in [0.2, 0.25) is 0 Å². The molecular formula is C18H19NO. The van der Waals surface area contributed by atoms with E-state index in [2.05, 4.69) is 61.2 Å². The van der Waals surface area contributed by atoms with E-state index < -0.39 is 0 Å². The molecule has 1 aliphatic heterocycles. The maximum atomic E-state index is 5.80. The van der Waals surface area contributed by atoms with Crippen molar-refractivity contribution in [2.24, 2.45) is 0 Å². The molecule has 2 heteroatoms. The molecule has 0 saturated carbocycles. The first kappa shape index (κ1) is 12.8. The number of rotatable bonds is 3. The number of nitrogens with zero attached hydrogens (tertiary/aromatic N) is 1. The molecule has 3 rings (SSSR count). The summed E-state index contributed by atoms with van der Waals surface area (Å²) in [6.45, 7) is 6.35. The van der Waals surface area contributed by atoms with Gasteiger partial charge < -0.3 is 9.64 Å². The van der Waals surface area contributed by atoms with Crippen molar-refractivity contribution in [3.8, 4) is 16.9 Å². The number of anilines is 1. The van der Waals surface area contributed by atoms with Crippen LogP contribution in [-0.2, 0) is 0 Å². The van der Waals surface area contributed by atoms with Crippen molar-refractivity contribution >= 4 is 11.8 Å². The lowest BCUT2D eigenvalue weighted by molar-refractivity contribution is 0.488. The summed E-state index contributed by atoms with van der Waals surface area (Å²) in [4.78, 5) is 2.32. The van der Waals surface area contributed by atoms with Gasteiger partial charge in [-0.3, -0.25) is 0 Å². The topological polar surface area (TPSA) is 12.5 Å². The SMILES string of the molecule is CCN(CC)c1ccc2c(c1)OC=Cc1ccccc1-2. The predicted octanol–water partition coefficient (Wildman–Crippen LogP) is 4.56. The first-order chi connectivity index (χ1) is 9.83. The first-order valence-corrected chi connectivity index (χ1v) is 7.15. The Hall–Kier alpha value is -2.22. The van der Waals surface area contributed by atoms with Gasteiger partial charge >= 0.3 is 0 Å². The number of fused-ring (bicyclic) bond motifs is 3. The summed E-state index contributed by atoms with van der Waals surface area (Å²) in [5.74, 6) is 0.926. The molecule has 0 atom stereocenters. The van der Waals surface area contributed by atoms with Gasteiger partial charge in [0.1, 0.15) is 5.75 Å². The van der Waals surface area contributed by atoms with Crippen LogP contribution in [0.4, 0.5) is 5.69 Å². The van der Waals surface area contributed by atoms with Gasteiger partial charge in [-0.1, -0.05) is 24.3 Å². The molecule has 2 nitrogen and oxygen atoms in total. The van der Waals surface area contributed by atoms with Crippen LogP contribution < -0.4 is 9.64 Å². The summed E-state index contributed by atoms with van der Waals surface area (Å²) in [5.41, 5.74) is 4.78. The maximum absolute atomic E-state index is 5.80. The third-order valence-electron chi connectivity index (χ3n) is 3.79. The van der Waals surface area contributed by atoms with E-state index in [1.54, 1.807) is 6.26 Å². The van der Waals surface area contributed by atoms with Crippen molar-refractivity contribution in [2.45, 2.75) is 13.8 Å². The van der Waals surface area contributed by atoms with Gasteiger partial charge in [0, 0.05) is 30.4 Å². The van der Waals surface area contributed by atoms with Crippen LogP contribution in [0, 0.1) is 0 Å². The van der Waals surface area contributed by atoms with E-state index in [1.807, 2.05) is 6.08 Å². The molecule has 0 fully saturated rings. The Morgan fingerprint density at radius 1 is 0.950 bits per heavy atom. The molecule has 0 aromatic heterocycles. The second-order valence-corrected chi connectivity index (χ2v) is 4.86. The highest BCUT2D eigenvalue weighted by atomic mass is 16.5. The predicted molar refractivity (Wildman–Crippen MR) is 85.1 cm³/mol.